The Morgan fingerprint density at radius 3 is 2.70 bits per heavy atom. The van der Waals surface area contributed by atoms with E-state index in [9.17, 15) is 9.59 Å². The number of fused-ring (bicyclic) bond motifs is 1. The monoisotopic (exact) mass is 274 g/mol. The number of nitrogens with zero attached hydrogens (tertiary/aromatic N) is 2. The number of benzene rings is 1. The minimum Gasteiger partial charge on any atom is -0.480 e. The third-order valence-corrected chi connectivity index (χ3v) is 3.51. The van der Waals surface area contributed by atoms with E-state index in [1.54, 1.807) is 6.07 Å². The second-order valence-corrected chi connectivity index (χ2v) is 5.10. The van der Waals surface area contributed by atoms with Gasteiger partial charge in [-0.25, -0.2) is 4.68 Å². The van der Waals surface area contributed by atoms with Gasteiger partial charge >= 0.3 is 5.97 Å². The predicted molar refractivity (Wildman–Crippen MR) is 77.1 cm³/mol. The molecule has 0 aliphatic carbocycles. The SMILES string of the molecule is CCC(C)c1nn(CC(=O)O)c(=O)c2ccc(C)cc12. The highest BCUT2D eigenvalue weighted by Gasteiger charge is 2.16. The zero-order chi connectivity index (χ0) is 14.9. The third-order valence-electron chi connectivity index (χ3n) is 3.51. The summed E-state index contributed by atoms with van der Waals surface area (Å²) in [5, 5.41) is 14.5. The second-order valence-electron chi connectivity index (χ2n) is 5.10. The number of hydrogen-bond donors (Lipinski definition) is 1. The maximum absolute atomic E-state index is 12.3. The van der Waals surface area contributed by atoms with Crippen molar-refractivity contribution in [3.05, 3.63) is 39.8 Å². The molecule has 0 aliphatic heterocycles. The topological polar surface area (TPSA) is 72.2 Å². The lowest BCUT2D eigenvalue weighted by Crippen LogP contribution is -2.28. The van der Waals surface area contributed by atoms with E-state index in [0.29, 0.717) is 5.39 Å². The quantitative estimate of drug-likeness (QED) is 0.928. The Bertz CT molecular complexity index is 719. The second kappa shape index (κ2) is 5.45. The van der Waals surface area contributed by atoms with Crippen molar-refractivity contribution in [2.24, 2.45) is 0 Å². The van der Waals surface area contributed by atoms with Gasteiger partial charge in [-0.15, -0.1) is 0 Å². The molecule has 0 fully saturated rings. The lowest BCUT2D eigenvalue weighted by Gasteiger charge is -2.14. The Hall–Kier alpha value is -2.17. The van der Waals surface area contributed by atoms with Crippen LogP contribution in [0.25, 0.3) is 10.8 Å². The van der Waals surface area contributed by atoms with Crippen LogP contribution in [0.3, 0.4) is 0 Å². The Labute approximate surface area is 116 Å². The minimum atomic E-state index is -1.07. The molecule has 106 valence electrons. The number of carbonyl (C=O) groups is 1. The maximum Gasteiger partial charge on any atom is 0.325 e. The van der Waals surface area contributed by atoms with Crippen LogP contribution in [0.1, 0.15) is 37.4 Å². The molecule has 5 nitrogen and oxygen atoms in total. The molecule has 20 heavy (non-hydrogen) atoms. The predicted octanol–water partition coefficient (Wildman–Crippen LogP) is 2.30. The molecular formula is C15H18N2O3. The van der Waals surface area contributed by atoms with Crippen molar-refractivity contribution in [2.45, 2.75) is 39.7 Å². The summed E-state index contributed by atoms with van der Waals surface area (Å²) in [4.78, 5) is 23.1. The van der Waals surface area contributed by atoms with Crippen LogP contribution in [0.2, 0.25) is 0 Å². The largest absolute Gasteiger partial charge is 0.480 e. The van der Waals surface area contributed by atoms with E-state index in [-0.39, 0.29) is 11.5 Å². The average Bonchev–Trinajstić information content (AvgIpc) is 2.40. The first-order valence-corrected chi connectivity index (χ1v) is 6.67. The number of hydrogen-bond acceptors (Lipinski definition) is 3. The molecule has 0 radical (unpaired) electrons. The van der Waals surface area contributed by atoms with Crippen LogP contribution in [0.5, 0.6) is 0 Å². The fourth-order valence-corrected chi connectivity index (χ4v) is 2.22. The van der Waals surface area contributed by atoms with Crippen molar-refractivity contribution in [2.75, 3.05) is 0 Å². The average molecular weight is 274 g/mol. The highest BCUT2D eigenvalue weighted by atomic mass is 16.4. The lowest BCUT2D eigenvalue weighted by molar-refractivity contribution is -0.138. The van der Waals surface area contributed by atoms with Crippen molar-refractivity contribution in [1.29, 1.82) is 0 Å². The molecule has 0 bridgehead atoms. The number of aliphatic carboxylic acids is 1. The van der Waals surface area contributed by atoms with E-state index in [4.69, 9.17) is 5.11 Å². The van der Waals surface area contributed by atoms with E-state index in [1.807, 2.05) is 32.9 Å². The van der Waals surface area contributed by atoms with Crippen molar-refractivity contribution < 1.29 is 9.90 Å². The van der Waals surface area contributed by atoms with Crippen LogP contribution in [0.15, 0.2) is 23.0 Å². The molecule has 5 heteroatoms. The zero-order valence-corrected chi connectivity index (χ0v) is 11.9. The molecule has 1 aromatic carbocycles. The summed E-state index contributed by atoms with van der Waals surface area (Å²) in [5.74, 6) is -0.902. The third kappa shape index (κ3) is 2.57. The Morgan fingerprint density at radius 2 is 2.10 bits per heavy atom. The van der Waals surface area contributed by atoms with Gasteiger partial charge < -0.3 is 5.11 Å². The summed E-state index contributed by atoms with van der Waals surface area (Å²) in [6.07, 6.45) is 0.876. The Kier molecular flexibility index (Phi) is 3.88. The fraction of sp³-hybridized carbons (Fsp3) is 0.400. The number of carboxylic acid groups (broad SMARTS) is 1. The zero-order valence-electron chi connectivity index (χ0n) is 11.9. The molecule has 0 amide bonds. The van der Waals surface area contributed by atoms with E-state index < -0.39 is 12.5 Å². The summed E-state index contributed by atoms with van der Waals surface area (Å²) in [7, 11) is 0. The Morgan fingerprint density at radius 1 is 1.40 bits per heavy atom. The number of rotatable bonds is 4. The van der Waals surface area contributed by atoms with Gasteiger partial charge in [0.2, 0.25) is 0 Å². The van der Waals surface area contributed by atoms with E-state index in [2.05, 4.69) is 5.10 Å². The van der Waals surface area contributed by atoms with Gasteiger partial charge in [-0.3, -0.25) is 9.59 Å². The van der Waals surface area contributed by atoms with E-state index in [0.717, 1.165) is 27.7 Å². The van der Waals surface area contributed by atoms with Crippen molar-refractivity contribution in [1.82, 2.24) is 9.78 Å². The molecule has 1 unspecified atom stereocenters. The van der Waals surface area contributed by atoms with Gasteiger partial charge in [-0.1, -0.05) is 25.5 Å². The molecule has 1 N–H and O–H groups in total. The van der Waals surface area contributed by atoms with Gasteiger partial charge in [0.25, 0.3) is 5.56 Å². The normalized spacial score (nSPS) is 12.6. The van der Waals surface area contributed by atoms with Gasteiger partial charge in [0, 0.05) is 11.3 Å². The maximum atomic E-state index is 12.3. The molecule has 0 saturated heterocycles. The molecule has 0 saturated carbocycles. The molecular weight excluding hydrogens is 256 g/mol. The minimum absolute atomic E-state index is 0.167. The van der Waals surface area contributed by atoms with Gasteiger partial charge in [0.15, 0.2) is 0 Å². The van der Waals surface area contributed by atoms with E-state index in [1.165, 1.54) is 0 Å². The molecule has 0 spiro atoms. The summed E-state index contributed by atoms with van der Waals surface area (Å²) in [5.41, 5.74) is 1.49. The first-order chi connectivity index (χ1) is 9.43. The molecule has 1 atom stereocenters. The standard InChI is InChI=1S/C15H18N2O3/c1-4-10(3)14-12-7-9(2)5-6-11(12)15(20)17(16-14)8-13(18)19/h5-7,10H,4,8H2,1-3H3,(H,18,19). The van der Waals surface area contributed by atoms with Gasteiger partial charge in [-0.2, -0.15) is 5.10 Å². The summed E-state index contributed by atoms with van der Waals surface area (Å²) < 4.78 is 1.04. The van der Waals surface area contributed by atoms with Crippen LogP contribution < -0.4 is 5.56 Å². The fourth-order valence-electron chi connectivity index (χ4n) is 2.22. The summed E-state index contributed by atoms with van der Waals surface area (Å²) in [6.45, 7) is 5.62. The highest BCUT2D eigenvalue weighted by Crippen LogP contribution is 2.24. The van der Waals surface area contributed by atoms with Crippen molar-refractivity contribution in [3.63, 3.8) is 0 Å². The van der Waals surface area contributed by atoms with Crippen LogP contribution in [-0.2, 0) is 11.3 Å². The summed E-state index contributed by atoms with van der Waals surface area (Å²) in [6, 6.07) is 5.55. The molecule has 1 aromatic heterocycles. The molecule has 2 rings (SSSR count). The van der Waals surface area contributed by atoms with Gasteiger partial charge in [0.1, 0.15) is 6.54 Å². The first-order valence-electron chi connectivity index (χ1n) is 6.67. The highest BCUT2D eigenvalue weighted by molar-refractivity contribution is 5.85. The van der Waals surface area contributed by atoms with Crippen LogP contribution in [-0.4, -0.2) is 20.9 Å². The van der Waals surface area contributed by atoms with Crippen LogP contribution in [0.4, 0.5) is 0 Å². The van der Waals surface area contributed by atoms with Crippen LogP contribution in [0, 0.1) is 6.92 Å². The number of carboxylic acids is 1. The van der Waals surface area contributed by atoms with Gasteiger partial charge in [-0.05, 0) is 25.5 Å². The van der Waals surface area contributed by atoms with Gasteiger partial charge in [0.05, 0.1) is 11.1 Å². The van der Waals surface area contributed by atoms with E-state index >= 15 is 0 Å². The first kappa shape index (κ1) is 14.2. The number of aromatic nitrogens is 2. The molecule has 0 aliphatic rings. The van der Waals surface area contributed by atoms with Crippen LogP contribution >= 0.6 is 0 Å². The number of aryl methyl sites for hydroxylation is 1. The molecule has 2 aromatic rings. The molecule has 1 heterocycles. The summed E-state index contributed by atoms with van der Waals surface area (Å²) >= 11 is 0. The lowest BCUT2D eigenvalue weighted by atomic mass is 9.98. The van der Waals surface area contributed by atoms with Crippen molar-refractivity contribution >= 4 is 16.7 Å². The Balaban J connectivity index is 2.80. The smallest absolute Gasteiger partial charge is 0.325 e. The van der Waals surface area contributed by atoms with Crippen molar-refractivity contribution in [3.8, 4) is 0 Å².